The molecule has 0 spiro atoms. The average molecular weight is 910 g/mol. The first-order valence-electron chi connectivity index (χ1n) is 22.0. The van der Waals surface area contributed by atoms with Crippen molar-refractivity contribution in [3.63, 3.8) is 0 Å². The molecule has 4 atom stereocenters. The summed E-state index contributed by atoms with van der Waals surface area (Å²) in [4.78, 5) is 36.9. The van der Waals surface area contributed by atoms with Crippen LogP contribution in [0.1, 0.15) is 34.1 Å². The van der Waals surface area contributed by atoms with Crippen LogP contribution in [0, 0.1) is 23.7 Å². The zero-order chi connectivity index (χ0) is 46.1. The van der Waals surface area contributed by atoms with E-state index in [0.29, 0.717) is 152 Å². The predicted octanol–water partition coefficient (Wildman–Crippen LogP) is 3.06. The van der Waals surface area contributed by atoms with Crippen molar-refractivity contribution in [1.29, 1.82) is 0 Å². The van der Waals surface area contributed by atoms with Crippen LogP contribution in [0.2, 0.25) is 0 Å². The smallest absolute Gasteiger partial charge is 0.407 e. The molecular weight excluding hydrogens is 830 g/mol. The van der Waals surface area contributed by atoms with E-state index in [9.17, 15) is 14.4 Å². The maximum atomic E-state index is 13.3. The highest BCUT2D eigenvalue weighted by Gasteiger charge is 2.46. The number of hydrogen-bond donors (Lipinski definition) is 1. The number of carbonyl (C=O) groups is 3. The third-order valence-corrected chi connectivity index (χ3v) is 8.84. The van der Waals surface area contributed by atoms with Crippen molar-refractivity contribution in [2.45, 2.75) is 39.7 Å². The summed E-state index contributed by atoms with van der Waals surface area (Å²) in [6, 6.07) is 0. The molecule has 19 heteroatoms. The SMILES string of the molecule is C=CC1CC(/C=C/CNC(=O)OC(C)(C)C)C(C(=O)OCCOCCOCCOCCOCCOCCOCCOCCOCCOCCOCCOCCOC)C1COC(C)=O. The van der Waals surface area contributed by atoms with Crippen molar-refractivity contribution < 1.29 is 85.4 Å². The zero-order valence-corrected chi connectivity index (χ0v) is 38.7. The Bertz CT molecular complexity index is 1150. The van der Waals surface area contributed by atoms with Crippen LogP contribution in [0.3, 0.4) is 0 Å². The molecule has 0 aromatic carbocycles. The molecule has 0 radical (unpaired) electrons. The van der Waals surface area contributed by atoms with Gasteiger partial charge in [0.15, 0.2) is 0 Å². The molecule has 0 aromatic rings. The quantitative estimate of drug-likeness (QED) is 0.0405. The van der Waals surface area contributed by atoms with E-state index in [1.54, 1.807) is 40.0 Å². The van der Waals surface area contributed by atoms with Crippen LogP contribution in [0.4, 0.5) is 4.79 Å². The van der Waals surface area contributed by atoms with Gasteiger partial charge in [0, 0.05) is 26.5 Å². The highest BCUT2D eigenvalue weighted by Crippen LogP contribution is 2.44. The summed E-state index contributed by atoms with van der Waals surface area (Å²) >= 11 is 0. The molecule has 1 aliphatic carbocycles. The highest BCUT2D eigenvalue weighted by atomic mass is 16.6. The number of nitrogens with one attached hydrogen (secondary N) is 1. The number of amides is 1. The first kappa shape index (κ1) is 58.2. The molecule has 0 heterocycles. The predicted molar refractivity (Wildman–Crippen MR) is 231 cm³/mol. The molecule has 1 saturated carbocycles. The highest BCUT2D eigenvalue weighted by molar-refractivity contribution is 5.74. The van der Waals surface area contributed by atoms with Gasteiger partial charge < -0.3 is 76.4 Å². The van der Waals surface area contributed by atoms with Gasteiger partial charge in [-0.2, -0.15) is 0 Å². The van der Waals surface area contributed by atoms with Crippen LogP contribution < -0.4 is 5.32 Å². The second kappa shape index (κ2) is 40.7. The fraction of sp³-hybridized carbons (Fsp3) is 0.841. The van der Waals surface area contributed by atoms with E-state index in [1.165, 1.54) is 6.92 Å². The first-order valence-corrected chi connectivity index (χ1v) is 22.0. The molecule has 63 heavy (non-hydrogen) atoms. The molecule has 1 aliphatic rings. The summed E-state index contributed by atoms with van der Waals surface area (Å²) in [5.41, 5.74) is -0.610. The summed E-state index contributed by atoms with van der Waals surface area (Å²) in [6.07, 6.45) is 5.54. The fourth-order valence-electron chi connectivity index (χ4n) is 5.92. The van der Waals surface area contributed by atoms with Crippen molar-refractivity contribution in [2.24, 2.45) is 23.7 Å². The van der Waals surface area contributed by atoms with E-state index < -0.39 is 29.6 Å². The summed E-state index contributed by atoms with van der Waals surface area (Å²) < 4.78 is 81.3. The third-order valence-electron chi connectivity index (χ3n) is 8.84. The summed E-state index contributed by atoms with van der Waals surface area (Å²) in [7, 11) is 1.64. The fourth-order valence-corrected chi connectivity index (χ4v) is 5.92. The minimum atomic E-state index is -0.610. The Kier molecular flexibility index (Phi) is 37.6. The monoisotopic (exact) mass is 910 g/mol. The van der Waals surface area contributed by atoms with Gasteiger partial charge in [0.1, 0.15) is 12.2 Å². The van der Waals surface area contributed by atoms with Crippen molar-refractivity contribution in [2.75, 3.05) is 179 Å². The lowest BCUT2D eigenvalue weighted by molar-refractivity contribution is -0.156. The number of methoxy groups -OCH3 is 1. The van der Waals surface area contributed by atoms with Gasteiger partial charge in [0.05, 0.1) is 164 Å². The number of rotatable bonds is 43. The molecule has 1 fully saturated rings. The van der Waals surface area contributed by atoms with Gasteiger partial charge in [-0.3, -0.25) is 9.59 Å². The summed E-state index contributed by atoms with van der Waals surface area (Å²) in [5.74, 6) is -1.96. The molecule has 0 aliphatic heterocycles. The Balaban J connectivity index is 1.95. The number of allylic oxidation sites excluding steroid dienone is 2. The number of esters is 2. The Hall–Kier alpha value is -2.79. The molecular formula is C44H79NO18. The minimum absolute atomic E-state index is 0.0596. The van der Waals surface area contributed by atoms with Crippen LogP contribution in [-0.4, -0.2) is 202 Å². The molecule has 0 bridgehead atoms. The second-order valence-corrected chi connectivity index (χ2v) is 15.0. The van der Waals surface area contributed by atoms with E-state index in [4.69, 9.17) is 71.1 Å². The van der Waals surface area contributed by atoms with Crippen LogP contribution in [0.5, 0.6) is 0 Å². The van der Waals surface area contributed by atoms with Crippen molar-refractivity contribution in [3.8, 4) is 0 Å². The molecule has 1 N–H and O–H groups in total. The van der Waals surface area contributed by atoms with Crippen molar-refractivity contribution in [1.82, 2.24) is 5.32 Å². The maximum Gasteiger partial charge on any atom is 0.407 e. The number of hydrogen-bond acceptors (Lipinski definition) is 18. The topological polar surface area (TPSA) is 202 Å². The lowest BCUT2D eigenvalue weighted by Gasteiger charge is -2.23. The van der Waals surface area contributed by atoms with Crippen molar-refractivity contribution in [3.05, 3.63) is 24.8 Å². The maximum absolute atomic E-state index is 13.3. The molecule has 4 unspecified atom stereocenters. The second-order valence-electron chi connectivity index (χ2n) is 15.0. The van der Waals surface area contributed by atoms with Crippen LogP contribution in [0.25, 0.3) is 0 Å². The third kappa shape index (κ3) is 35.2. The van der Waals surface area contributed by atoms with E-state index in [2.05, 4.69) is 11.9 Å². The zero-order valence-electron chi connectivity index (χ0n) is 38.7. The van der Waals surface area contributed by atoms with Gasteiger partial charge >= 0.3 is 18.0 Å². The lowest BCUT2D eigenvalue weighted by atomic mass is 9.87. The van der Waals surface area contributed by atoms with E-state index >= 15 is 0 Å². The molecule has 0 aromatic heterocycles. The van der Waals surface area contributed by atoms with Gasteiger partial charge in [-0.25, -0.2) is 4.79 Å². The van der Waals surface area contributed by atoms with Crippen LogP contribution >= 0.6 is 0 Å². The molecule has 0 saturated heterocycles. The lowest BCUT2D eigenvalue weighted by Crippen LogP contribution is -2.33. The summed E-state index contributed by atoms with van der Waals surface area (Å²) in [5, 5.41) is 2.68. The molecule has 19 nitrogen and oxygen atoms in total. The Morgan fingerprint density at radius 2 is 0.921 bits per heavy atom. The average Bonchev–Trinajstić information content (AvgIpc) is 3.60. The standard InChI is InChI=1S/C44H79NO18/c1-7-38-35-39(9-8-10-45-43(48)63-44(3,4)5)41(40(38)36-62-37(2)46)42(47)61-34-33-60-32-31-59-30-29-58-28-27-57-26-25-56-24-23-55-22-21-54-20-19-53-18-17-52-16-15-51-14-13-50-12-11-49-6/h7-9,38-41H,1,10-36H2,2-6H3,(H,45,48)/b9-8+. The van der Waals surface area contributed by atoms with Gasteiger partial charge in [-0.05, 0) is 39.0 Å². The normalized spacial score (nSPS) is 17.6. The number of carbonyl (C=O) groups excluding carboxylic acids is 3. The van der Waals surface area contributed by atoms with E-state index in [0.717, 1.165) is 0 Å². The number of alkyl carbamates (subject to hydrolysis) is 1. The van der Waals surface area contributed by atoms with Crippen LogP contribution in [-0.2, 0) is 80.6 Å². The van der Waals surface area contributed by atoms with E-state index in [1.807, 2.05) is 6.08 Å². The Morgan fingerprint density at radius 1 is 0.556 bits per heavy atom. The van der Waals surface area contributed by atoms with Crippen molar-refractivity contribution >= 4 is 18.0 Å². The van der Waals surface area contributed by atoms with Gasteiger partial charge in [-0.1, -0.05) is 18.2 Å². The summed E-state index contributed by atoms with van der Waals surface area (Å²) in [6.45, 7) is 21.6. The van der Waals surface area contributed by atoms with Gasteiger partial charge in [-0.15, -0.1) is 6.58 Å². The Labute approximate surface area is 375 Å². The molecule has 1 rings (SSSR count). The number of ether oxygens (including phenoxy) is 15. The minimum Gasteiger partial charge on any atom is -0.466 e. The Morgan fingerprint density at radius 3 is 1.25 bits per heavy atom. The van der Waals surface area contributed by atoms with Crippen LogP contribution in [0.15, 0.2) is 24.8 Å². The molecule has 1 amide bonds. The first-order chi connectivity index (χ1) is 30.6. The van der Waals surface area contributed by atoms with Gasteiger partial charge in [0.2, 0.25) is 0 Å². The van der Waals surface area contributed by atoms with Gasteiger partial charge in [0.25, 0.3) is 0 Å². The molecule has 368 valence electrons. The largest absolute Gasteiger partial charge is 0.466 e. The van der Waals surface area contributed by atoms with E-state index in [-0.39, 0.29) is 44.1 Å².